The molecule has 0 bridgehead atoms. The number of aliphatic hydroxyl groups is 2. The van der Waals surface area contributed by atoms with Gasteiger partial charge in [0.2, 0.25) is 0 Å². The van der Waals surface area contributed by atoms with Gasteiger partial charge >= 0.3 is 0 Å². The van der Waals surface area contributed by atoms with E-state index < -0.39 is 0 Å². The maximum Gasteiger partial charge on any atom is 0.150 e. The number of benzene rings is 1. The molecule has 0 aliphatic heterocycles. The van der Waals surface area contributed by atoms with E-state index in [-0.39, 0.29) is 13.2 Å². The first kappa shape index (κ1) is 20.8. The Morgan fingerprint density at radius 3 is 2.55 bits per heavy atom. The summed E-state index contributed by atoms with van der Waals surface area (Å²) in [5.41, 5.74) is 4.86. The molecule has 0 radical (unpaired) electrons. The monoisotopic (exact) mass is 420 g/mol. The first-order chi connectivity index (χ1) is 15.1. The van der Waals surface area contributed by atoms with Crippen LogP contribution in [0.2, 0.25) is 0 Å². The molecule has 3 aromatic heterocycles. The molecule has 0 amide bonds. The third kappa shape index (κ3) is 3.85. The minimum Gasteiger partial charge on any atom is -0.494 e. The lowest BCUT2D eigenvalue weighted by Gasteiger charge is -1.99. The van der Waals surface area contributed by atoms with Crippen LogP contribution in [-0.2, 0) is 6.61 Å². The number of hydrogen-bond donors (Lipinski definition) is 6. The van der Waals surface area contributed by atoms with Gasteiger partial charge in [0.25, 0.3) is 0 Å². The quantitative estimate of drug-likeness (QED) is 0.265. The fourth-order valence-electron chi connectivity index (χ4n) is 4.04. The van der Waals surface area contributed by atoms with Crippen molar-refractivity contribution in [3.8, 4) is 5.75 Å². The molecule has 0 spiro atoms. The zero-order chi connectivity index (χ0) is 22.0. The Bertz CT molecular complexity index is 1430. The van der Waals surface area contributed by atoms with Crippen LogP contribution in [-0.4, -0.2) is 45.4 Å². The van der Waals surface area contributed by atoms with Gasteiger partial charge in [0.05, 0.1) is 36.4 Å². The van der Waals surface area contributed by atoms with Crippen molar-refractivity contribution in [2.24, 2.45) is 0 Å². The lowest BCUT2D eigenvalue weighted by molar-refractivity contribution is 0.273. The predicted octanol–water partition coefficient (Wildman–Crippen LogP) is 1.38. The third-order valence-corrected chi connectivity index (χ3v) is 5.42. The average molecular weight is 421 g/mol. The maximum absolute atomic E-state index is 10.2. The Labute approximate surface area is 179 Å². The Balaban J connectivity index is 2.13. The number of para-hydroxylation sites is 1. The van der Waals surface area contributed by atoms with E-state index in [4.69, 9.17) is 9.84 Å². The normalized spacial score (nSPS) is 14.0. The summed E-state index contributed by atoms with van der Waals surface area (Å²) in [4.78, 5) is 10.3. The molecule has 4 rings (SSSR count). The maximum atomic E-state index is 10.2. The van der Waals surface area contributed by atoms with Crippen LogP contribution in [0.15, 0.2) is 30.3 Å². The van der Waals surface area contributed by atoms with Gasteiger partial charge in [-0.15, -0.1) is 0 Å². The SMILES string of the molecule is COc1c(CO)/c(=c2/[nH]c3ccccc3/c2=C\NCCO)[nH]/c1=C\c1[nH]c(C)cc1C. The number of fused-ring (bicyclic) bond motifs is 1. The molecule has 6 N–H and O–H groups in total. The Morgan fingerprint density at radius 2 is 1.87 bits per heavy atom. The zero-order valence-electron chi connectivity index (χ0n) is 18.0. The molecule has 0 fully saturated rings. The summed E-state index contributed by atoms with van der Waals surface area (Å²) in [6.45, 7) is 4.39. The molecule has 4 aromatic rings. The second kappa shape index (κ2) is 8.75. The largest absolute Gasteiger partial charge is 0.494 e. The van der Waals surface area contributed by atoms with Crippen LogP contribution in [0.4, 0.5) is 0 Å². The molecule has 3 heterocycles. The molecular formula is C24H28N4O3. The lowest BCUT2D eigenvalue weighted by Crippen LogP contribution is -2.16. The molecule has 0 aliphatic carbocycles. The molecule has 7 nitrogen and oxygen atoms in total. The highest BCUT2D eigenvalue weighted by Gasteiger charge is 2.12. The van der Waals surface area contributed by atoms with Gasteiger partial charge in [-0.1, -0.05) is 18.2 Å². The van der Waals surface area contributed by atoms with Crippen LogP contribution in [0, 0.1) is 24.5 Å². The van der Waals surface area contributed by atoms with Crippen molar-refractivity contribution in [2.45, 2.75) is 20.5 Å². The second-order valence-corrected chi connectivity index (χ2v) is 7.56. The van der Waals surface area contributed by atoms with Gasteiger partial charge < -0.3 is 35.2 Å². The van der Waals surface area contributed by atoms with Crippen LogP contribution >= 0.6 is 0 Å². The van der Waals surface area contributed by atoms with E-state index in [9.17, 15) is 5.11 Å². The molecule has 31 heavy (non-hydrogen) atoms. The minimum absolute atomic E-state index is 0.0421. The fraction of sp³-hybridized carbons (Fsp3) is 0.250. The first-order valence-electron chi connectivity index (χ1n) is 10.3. The summed E-state index contributed by atoms with van der Waals surface area (Å²) in [6.07, 6.45) is 3.89. The highest BCUT2D eigenvalue weighted by Crippen LogP contribution is 2.17. The van der Waals surface area contributed by atoms with Crippen molar-refractivity contribution >= 4 is 23.2 Å². The highest BCUT2D eigenvalue weighted by atomic mass is 16.5. The van der Waals surface area contributed by atoms with Crippen molar-refractivity contribution in [3.05, 3.63) is 74.1 Å². The number of aryl methyl sites for hydroxylation is 2. The molecule has 0 aliphatic rings. The number of rotatable bonds is 6. The summed E-state index contributed by atoms with van der Waals surface area (Å²) in [6, 6.07) is 10.1. The number of nitrogens with one attached hydrogen (secondary N) is 4. The van der Waals surface area contributed by atoms with Crippen molar-refractivity contribution in [3.63, 3.8) is 0 Å². The summed E-state index contributed by atoms with van der Waals surface area (Å²) >= 11 is 0. The summed E-state index contributed by atoms with van der Waals surface area (Å²) in [5.74, 6) is 0.608. The van der Waals surface area contributed by atoms with E-state index in [2.05, 4.69) is 33.3 Å². The van der Waals surface area contributed by atoms with Crippen LogP contribution in [0.25, 0.3) is 23.2 Å². The summed E-state index contributed by atoms with van der Waals surface area (Å²) in [5, 5.41) is 26.9. The predicted molar refractivity (Wildman–Crippen MR) is 122 cm³/mol. The Hall–Kier alpha value is -3.42. The van der Waals surface area contributed by atoms with Crippen molar-refractivity contribution in [2.75, 3.05) is 20.3 Å². The third-order valence-electron chi connectivity index (χ3n) is 5.42. The fourth-order valence-corrected chi connectivity index (χ4v) is 4.04. The van der Waals surface area contributed by atoms with Gasteiger partial charge in [0.15, 0.2) is 0 Å². The topological polar surface area (TPSA) is 109 Å². The van der Waals surface area contributed by atoms with Gasteiger partial charge in [-0.2, -0.15) is 0 Å². The average Bonchev–Trinajstić information content (AvgIpc) is 3.40. The number of hydrogen-bond acceptors (Lipinski definition) is 4. The molecule has 0 saturated heterocycles. The van der Waals surface area contributed by atoms with Gasteiger partial charge in [-0.3, -0.25) is 0 Å². The van der Waals surface area contributed by atoms with Crippen molar-refractivity contribution < 1.29 is 14.9 Å². The van der Waals surface area contributed by atoms with Crippen molar-refractivity contribution in [1.82, 2.24) is 20.3 Å². The van der Waals surface area contributed by atoms with Crippen LogP contribution < -0.4 is 20.6 Å². The first-order valence-corrected chi connectivity index (χ1v) is 10.3. The number of aromatic nitrogens is 3. The second-order valence-electron chi connectivity index (χ2n) is 7.56. The highest BCUT2D eigenvalue weighted by molar-refractivity contribution is 5.80. The number of methoxy groups -OCH3 is 1. The minimum atomic E-state index is -0.176. The van der Waals surface area contributed by atoms with E-state index in [0.29, 0.717) is 17.9 Å². The van der Waals surface area contributed by atoms with Gasteiger partial charge in [0.1, 0.15) is 5.75 Å². The Kier molecular flexibility index (Phi) is 5.88. The molecule has 0 unspecified atom stereocenters. The van der Waals surface area contributed by atoms with Gasteiger partial charge in [0, 0.05) is 45.8 Å². The van der Waals surface area contributed by atoms with Crippen molar-refractivity contribution in [1.29, 1.82) is 0 Å². The standard InChI is InChI=1S/C24H28N4O3/c1-14-10-15(2)26-20(14)11-21-24(31-3)18(13-30)23(28-21)22-17(12-25-8-9-29)16-6-4-5-7-19(16)27-22/h4-7,10-12,25-30H,8-9,13H2,1-3H3/b17-12+,21-11-,23-22-. The van der Waals surface area contributed by atoms with Crippen LogP contribution in [0.3, 0.4) is 0 Å². The van der Waals surface area contributed by atoms with E-state index in [1.165, 1.54) is 0 Å². The van der Waals surface area contributed by atoms with Gasteiger partial charge in [-0.05, 0) is 37.6 Å². The molecule has 7 heteroatoms. The number of aromatic amines is 3. The van der Waals surface area contributed by atoms with E-state index in [1.807, 2.05) is 43.5 Å². The number of H-pyrrole nitrogens is 3. The Morgan fingerprint density at radius 1 is 1.06 bits per heavy atom. The van der Waals surface area contributed by atoms with E-state index in [1.54, 1.807) is 7.11 Å². The summed E-state index contributed by atoms with van der Waals surface area (Å²) in [7, 11) is 1.61. The smallest absolute Gasteiger partial charge is 0.150 e. The molecule has 0 atom stereocenters. The number of ether oxygens (including phenoxy) is 1. The molecule has 162 valence electrons. The lowest BCUT2D eigenvalue weighted by atomic mass is 10.2. The zero-order valence-corrected chi connectivity index (χ0v) is 18.0. The van der Waals surface area contributed by atoms with Crippen LogP contribution in [0.5, 0.6) is 5.75 Å². The number of aliphatic hydroxyl groups excluding tert-OH is 2. The molecular weight excluding hydrogens is 392 g/mol. The van der Waals surface area contributed by atoms with Crippen LogP contribution in [0.1, 0.15) is 22.5 Å². The van der Waals surface area contributed by atoms with E-state index >= 15 is 0 Å². The summed E-state index contributed by atoms with van der Waals surface area (Å²) < 4.78 is 5.69. The molecule has 0 saturated carbocycles. The molecule has 1 aromatic carbocycles. The van der Waals surface area contributed by atoms with Gasteiger partial charge in [-0.25, -0.2) is 0 Å². The van der Waals surface area contributed by atoms with E-state index in [0.717, 1.165) is 49.1 Å².